The topological polar surface area (TPSA) is 9.23 Å². The summed E-state index contributed by atoms with van der Waals surface area (Å²) in [5.74, 6) is 0.411. The van der Waals surface area contributed by atoms with Crippen LogP contribution in [0.1, 0.15) is 5.56 Å². The van der Waals surface area contributed by atoms with Crippen LogP contribution in [-0.2, 0) is 4.55 Å². The molecule has 62 valence electrons. The van der Waals surface area contributed by atoms with Gasteiger partial charge in [-0.3, -0.25) is 0 Å². The zero-order chi connectivity index (χ0) is 8.97. The first-order valence-electron chi connectivity index (χ1n) is 3.66. The quantitative estimate of drug-likeness (QED) is 0.741. The van der Waals surface area contributed by atoms with Crippen molar-refractivity contribution >= 4 is 31.1 Å². The summed E-state index contributed by atoms with van der Waals surface area (Å²) in [6.07, 6.45) is 0. The molecule has 0 radical (unpaired) electrons. The zero-order valence-corrected chi connectivity index (χ0v) is 9.81. The molecule has 0 unspecified atom stereocenters. The number of rotatable bonds is 3. The first-order valence-corrected chi connectivity index (χ1v) is 8.56. The normalized spacial score (nSPS) is 9.25. The number of hydrogen-bond acceptors (Lipinski definition) is 1. The van der Waals surface area contributed by atoms with Gasteiger partial charge in [0.05, 0.1) is 7.11 Å². The van der Waals surface area contributed by atoms with E-state index in [0.29, 0.717) is 5.75 Å². The minimum atomic E-state index is -0.293. The Bertz CT molecular complexity index is 267. The Morgan fingerprint density at radius 1 is 1.58 bits per heavy atom. The van der Waals surface area contributed by atoms with E-state index in [4.69, 9.17) is 4.74 Å². The summed E-state index contributed by atoms with van der Waals surface area (Å²) < 4.78 is 18.9. The number of ether oxygens (including phenoxy) is 1. The molecule has 12 heavy (non-hydrogen) atoms. The van der Waals surface area contributed by atoms with E-state index in [2.05, 4.69) is 12.9 Å². The van der Waals surface area contributed by atoms with E-state index in [1.807, 2.05) is 0 Å². The van der Waals surface area contributed by atoms with Crippen LogP contribution in [0.25, 0.3) is 0 Å². The van der Waals surface area contributed by atoms with Gasteiger partial charge in [-0.1, -0.05) is 6.07 Å². The van der Waals surface area contributed by atoms with Crippen LogP contribution in [0.15, 0.2) is 18.2 Å². The summed E-state index contributed by atoms with van der Waals surface area (Å²) in [4.78, 5) is 0. The van der Waals surface area contributed by atoms with E-state index < -0.39 is 0 Å². The number of halogens is 2. The second-order valence-corrected chi connectivity index (χ2v) is 5.65. The molecule has 0 saturated carbocycles. The highest BCUT2D eigenvalue weighted by Gasteiger charge is 2.03. The van der Waals surface area contributed by atoms with Crippen LogP contribution in [0.5, 0.6) is 5.75 Å². The Labute approximate surface area is 86.9 Å². The predicted octanol–water partition coefficient (Wildman–Crippen LogP) is 2.35. The monoisotopic (exact) mass is 242 g/mol. The van der Waals surface area contributed by atoms with E-state index in [-0.39, 0.29) is 24.0 Å². The maximum atomic E-state index is 13.1. The Morgan fingerprint density at radius 2 is 2.33 bits per heavy atom. The Morgan fingerprint density at radius 3 is 2.83 bits per heavy atom. The summed E-state index contributed by atoms with van der Waals surface area (Å²) in [6.45, 7) is 0. The second kappa shape index (κ2) is 5.04. The Hall–Kier alpha value is 0.196. The Balaban J connectivity index is 2.87. The summed E-state index contributed by atoms with van der Waals surface area (Å²) >= 11 is 3.10. The fraction of sp³-hybridized carbons (Fsp3) is 0.250. The third-order valence-electron chi connectivity index (χ3n) is 1.62. The molecule has 1 aromatic rings. The first kappa shape index (κ1) is 10.3. The molecule has 0 saturated heterocycles. The van der Waals surface area contributed by atoms with Crippen LogP contribution in [-0.4, -0.2) is 25.3 Å². The lowest BCUT2D eigenvalue weighted by Gasteiger charge is -2.03. The molecule has 0 fully saturated rings. The van der Waals surface area contributed by atoms with Crippen molar-refractivity contribution in [2.75, 3.05) is 7.11 Å². The Kier molecular flexibility index (Phi) is 4.32. The minimum Gasteiger partial charge on any atom is -0.497 e. The van der Waals surface area contributed by atoms with E-state index in [1.165, 1.54) is 13.2 Å². The van der Waals surface area contributed by atoms with Crippen molar-refractivity contribution in [3.63, 3.8) is 0 Å². The van der Waals surface area contributed by atoms with Gasteiger partial charge in [-0.25, -0.2) is 4.39 Å². The van der Waals surface area contributed by atoms with Crippen LogP contribution in [0.2, 0.25) is 0 Å². The molecule has 0 spiro atoms. The molecule has 1 aromatic carbocycles. The second-order valence-electron chi connectivity index (χ2n) is 2.40. The highest BCUT2D eigenvalue weighted by atomic mass is 79.9. The number of hydrogen-bond donors (Lipinski definition) is 0. The molecule has 0 amide bonds. The van der Waals surface area contributed by atoms with Crippen LogP contribution in [0.3, 0.4) is 0 Å². The van der Waals surface area contributed by atoms with Gasteiger partial charge >= 0.3 is 18.2 Å². The van der Waals surface area contributed by atoms with Crippen molar-refractivity contribution in [2.45, 2.75) is 4.55 Å². The lowest BCUT2D eigenvalue weighted by Crippen LogP contribution is -1.94. The van der Waals surface area contributed by atoms with Gasteiger partial charge in [0.25, 0.3) is 0 Å². The van der Waals surface area contributed by atoms with E-state index in [0.717, 1.165) is 10.1 Å². The van der Waals surface area contributed by atoms with E-state index in [1.54, 1.807) is 12.1 Å². The first-order chi connectivity index (χ1) is 5.77. The summed E-state index contributed by atoms with van der Waals surface area (Å²) in [6, 6.07) is 4.99. The number of benzene rings is 1. The standard InChI is InChI=1S/C8H8FO.BrH.Mg/c1-6-3-4-7(10-2)5-8(6)9;;/h3-5H,1H2,2H3;1H;/q;;+1/p-1. The molecule has 0 aliphatic rings. The van der Waals surface area contributed by atoms with Crippen molar-refractivity contribution in [3.8, 4) is 5.75 Å². The van der Waals surface area contributed by atoms with Gasteiger partial charge in [-0.2, -0.15) is 0 Å². The molecule has 0 atom stereocenters. The van der Waals surface area contributed by atoms with Gasteiger partial charge in [0, 0.05) is 6.07 Å². The third-order valence-corrected chi connectivity index (χ3v) is 3.54. The maximum absolute atomic E-state index is 13.1. The van der Waals surface area contributed by atoms with E-state index in [9.17, 15) is 4.39 Å². The van der Waals surface area contributed by atoms with E-state index >= 15 is 0 Å². The SMILES string of the molecule is COc1ccc([CH2][Mg][Br])c(F)c1. The lowest BCUT2D eigenvalue weighted by atomic mass is 10.2. The molecular formula is C8H8BrFMgO. The number of methoxy groups -OCH3 is 1. The van der Waals surface area contributed by atoms with Crippen molar-refractivity contribution in [1.29, 1.82) is 0 Å². The molecule has 0 heterocycles. The van der Waals surface area contributed by atoms with Gasteiger partial charge in [-0.15, -0.1) is 4.55 Å². The molecule has 0 bridgehead atoms. The van der Waals surface area contributed by atoms with Crippen molar-refractivity contribution in [1.82, 2.24) is 0 Å². The zero-order valence-electron chi connectivity index (χ0n) is 6.81. The average Bonchev–Trinajstić information content (AvgIpc) is 2.09. The fourth-order valence-corrected chi connectivity index (χ4v) is 2.85. The molecular weight excluding hydrogens is 235 g/mol. The van der Waals surface area contributed by atoms with Gasteiger partial charge < -0.3 is 17.6 Å². The smallest absolute Gasteiger partial charge is 0.473 e. The van der Waals surface area contributed by atoms with Crippen molar-refractivity contribution in [2.24, 2.45) is 0 Å². The highest BCUT2D eigenvalue weighted by molar-refractivity contribution is 9.23. The largest absolute Gasteiger partial charge is 0.497 e. The summed E-state index contributed by atoms with van der Waals surface area (Å²) in [5.41, 5.74) is 0.777. The third kappa shape index (κ3) is 2.60. The fourth-order valence-electron chi connectivity index (χ4n) is 0.960. The molecule has 0 N–H and O–H groups in total. The van der Waals surface area contributed by atoms with Crippen LogP contribution < -0.4 is 4.74 Å². The van der Waals surface area contributed by atoms with Crippen molar-refractivity contribution in [3.05, 3.63) is 29.6 Å². The lowest BCUT2D eigenvalue weighted by molar-refractivity contribution is 0.411. The average molecular weight is 243 g/mol. The molecule has 0 aliphatic carbocycles. The van der Waals surface area contributed by atoms with Gasteiger partial charge in [0.2, 0.25) is 0 Å². The van der Waals surface area contributed by atoms with Crippen LogP contribution in [0.4, 0.5) is 4.39 Å². The summed E-state index contributed by atoms with van der Waals surface area (Å²) in [5, 5.41) is 0. The molecule has 0 aromatic heterocycles. The van der Waals surface area contributed by atoms with Gasteiger partial charge in [-0.05, 0) is 11.6 Å². The molecule has 0 aliphatic heterocycles. The molecule has 1 rings (SSSR count). The van der Waals surface area contributed by atoms with Crippen LogP contribution >= 0.6 is 12.9 Å². The van der Waals surface area contributed by atoms with Gasteiger partial charge in [0.1, 0.15) is 11.6 Å². The highest BCUT2D eigenvalue weighted by Crippen LogP contribution is 2.16. The predicted molar refractivity (Wildman–Crippen MR) is 51.3 cm³/mol. The molecule has 1 nitrogen and oxygen atoms in total. The van der Waals surface area contributed by atoms with Crippen LogP contribution in [0, 0.1) is 5.82 Å². The minimum absolute atomic E-state index is 0.165. The van der Waals surface area contributed by atoms with Gasteiger partial charge in [0.15, 0.2) is 0 Å². The summed E-state index contributed by atoms with van der Waals surface area (Å²) in [7, 11) is 1.54. The molecule has 4 heteroatoms. The maximum Gasteiger partial charge on any atom is 0.473 e. The van der Waals surface area contributed by atoms with Crippen molar-refractivity contribution < 1.29 is 9.13 Å².